The average molecular weight is 388 g/mol. The molecule has 0 spiro atoms. The van der Waals surface area contributed by atoms with E-state index >= 15 is 0 Å². The van der Waals surface area contributed by atoms with Gasteiger partial charge in [0.15, 0.2) is 17.3 Å². The Labute approximate surface area is 166 Å². The van der Waals surface area contributed by atoms with Crippen molar-refractivity contribution < 1.29 is 19.4 Å². The molecule has 3 aromatic rings. The topological polar surface area (TPSA) is 102 Å². The van der Waals surface area contributed by atoms with E-state index in [2.05, 4.69) is 0 Å². The van der Waals surface area contributed by atoms with Crippen molar-refractivity contribution in [1.82, 2.24) is 4.57 Å². The second-order valence-corrected chi connectivity index (χ2v) is 6.58. The summed E-state index contributed by atoms with van der Waals surface area (Å²) in [6.07, 6.45) is 0. The molecule has 144 valence electrons. The van der Waals surface area contributed by atoms with Crippen LogP contribution in [0.15, 0.2) is 53.3 Å². The van der Waals surface area contributed by atoms with E-state index in [1.807, 2.05) is 6.07 Å². The Hall–Kier alpha value is -4.05. The number of aromatic hydroxyl groups is 1. The summed E-state index contributed by atoms with van der Waals surface area (Å²) >= 11 is 0. The SMILES string of the molecule is Cc1c(C(=O)c2ccccc2)c(O)n(Cc2ccc3c(c2)OCO3)c(=O)c1C#N. The minimum absolute atomic E-state index is 0.0364. The second-order valence-electron chi connectivity index (χ2n) is 6.58. The lowest BCUT2D eigenvalue weighted by atomic mass is 9.97. The first-order valence-electron chi connectivity index (χ1n) is 8.86. The molecular weight excluding hydrogens is 372 g/mol. The second kappa shape index (κ2) is 7.17. The number of hydrogen-bond acceptors (Lipinski definition) is 6. The van der Waals surface area contributed by atoms with Crippen LogP contribution in [0.5, 0.6) is 17.4 Å². The lowest BCUT2D eigenvalue weighted by Gasteiger charge is -2.16. The van der Waals surface area contributed by atoms with Crippen molar-refractivity contribution in [3.8, 4) is 23.4 Å². The quantitative estimate of drug-likeness (QED) is 0.690. The highest BCUT2D eigenvalue weighted by Crippen LogP contribution is 2.33. The van der Waals surface area contributed by atoms with Crippen LogP contribution in [0.25, 0.3) is 0 Å². The van der Waals surface area contributed by atoms with Crippen molar-refractivity contribution in [3.05, 3.63) is 86.7 Å². The standard InChI is InChI=1S/C22H16N2O5/c1-13-16(10-23)21(26)24(11-14-7-8-17-18(9-14)29-12-28-17)22(27)19(13)20(25)15-5-3-2-4-6-15/h2-9,27H,11-12H2,1H3. The van der Waals surface area contributed by atoms with Crippen molar-refractivity contribution in [2.45, 2.75) is 13.5 Å². The molecule has 2 aromatic carbocycles. The van der Waals surface area contributed by atoms with Gasteiger partial charge in [0.25, 0.3) is 5.56 Å². The van der Waals surface area contributed by atoms with Crippen molar-refractivity contribution in [3.63, 3.8) is 0 Å². The van der Waals surface area contributed by atoms with Gasteiger partial charge < -0.3 is 14.6 Å². The highest BCUT2D eigenvalue weighted by Gasteiger charge is 2.25. The molecule has 7 heteroatoms. The van der Waals surface area contributed by atoms with Crippen LogP contribution in [-0.2, 0) is 6.54 Å². The van der Waals surface area contributed by atoms with E-state index in [0.29, 0.717) is 22.6 Å². The molecule has 0 aliphatic carbocycles. The fraction of sp³-hybridized carbons (Fsp3) is 0.136. The fourth-order valence-electron chi connectivity index (χ4n) is 3.33. The van der Waals surface area contributed by atoms with Crippen molar-refractivity contribution in [2.24, 2.45) is 0 Å². The van der Waals surface area contributed by atoms with Gasteiger partial charge in [-0.3, -0.25) is 14.2 Å². The molecule has 0 radical (unpaired) electrons. The lowest BCUT2D eigenvalue weighted by molar-refractivity contribution is 0.103. The Kier molecular flexibility index (Phi) is 4.53. The minimum atomic E-state index is -0.662. The zero-order valence-corrected chi connectivity index (χ0v) is 15.5. The van der Waals surface area contributed by atoms with Gasteiger partial charge in [-0.2, -0.15) is 5.26 Å². The number of nitrogens with zero attached hydrogens (tertiary/aromatic N) is 2. The highest BCUT2D eigenvalue weighted by atomic mass is 16.7. The summed E-state index contributed by atoms with van der Waals surface area (Å²) in [6.45, 7) is 1.56. The minimum Gasteiger partial charge on any atom is -0.494 e. The third kappa shape index (κ3) is 3.11. The summed E-state index contributed by atoms with van der Waals surface area (Å²) in [5.41, 5.74) is 0.257. The van der Waals surface area contributed by atoms with Gasteiger partial charge >= 0.3 is 0 Å². The normalized spacial score (nSPS) is 11.9. The zero-order valence-electron chi connectivity index (χ0n) is 15.5. The van der Waals surface area contributed by atoms with E-state index in [-0.39, 0.29) is 30.0 Å². The average Bonchev–Trinajstić information content (AvgIpc) is 3.20. The van der Waals surface area contributed by atoms with E-state index in [4.69, 9.17) is 9.47 Å². The summed E-state index contributed by atoms with van der Waals surface area (Å²) in [6, 6.07) is 15.4. The van der Waals surface area contributed by atoms with Crippen LogP contribution in [0.3, 0.4) is 0 Å². The number of benzene rings is 2. The molecule has 0 saturated heterocycles. The molecule has 29 heavy (non-hydrogen) atoms. The van der Waals surface area contributed by atoms with E-state index in [1.165, 1.54) is 6.92 Å². The number of nitriles is 1. The number of ether oxygens (including phenoxy) is 2. The van der Waals surface area contributed by atoms with Crippen LogP contribution >= 0.6 is 0 Å². The van der Waals surface area contributed by atoms with Gasteiger partial charge in [0.1, 0.15) is 11.6 Å². The van der Waals surface area contributed by atoms with E-state index in [1.54, 1.807) is 48.5 Å². The monoisotopic (exact) mass is 388 g/mol. The molecule has 1 N–H and O–H groups in total. The first-order valence-corrected chi connectivity index (χ1v) is 8.86. The predicted octanol–water partition coefficient (Wildman–Crippen LogP) is 2.74. The van der Waals surface area contributed by atoms with Crippen LogP contribution in [0, 0.1) is 18.3 Å². The Morgan fingerprint density at radius 3 is 2.62 bits per heavy atom. The molecule has 2 heterocycles. The van der Waals surface area contributed by atoms with Gasteiger partial charge in [-0.05, 0) is 30.2 Å². The predicted molar refractivity (Wildman–Crippen MR) is 103 cm³/mol. The van der Waals surface area contributed by atoms with Crippen molar-refractivity contribution in [2.75, 3.05) is 6.79 Å². The maximum atomic E-state index is 13.0. The van der Waals surface area contributed by atoms with Gasteiger partial charge in [0.05, 0.1) is 12.1 Å². The molecule has 0 fully saturated rings. The maximum Gasteiger partial charge on any atom is 0.271 e. The molecule has 0 bridgehead atoms. The largest absolute Gasteiger partial charge is 0.494 e. The Balaban J connectivity index is 1.85. The van der Waals surface area contributed by atoms with Crippen LogP contribution in [0.4, 0.5) is 0 Å². The van der Waals surface area contributed by atoms with Crippen molar-refractivity contribution >= 4 is 5.78 Å². The molecule has 0 atom stereocenters. The summed E-state index contributed by atoms with van der Waals surface area (Å²) in [4.78, 5) is 25.8. The van der Waals surface area contributed by atoms with Crippen LogP contribution < -0.4 is 15.0 Å². The van der Waals surface area contributed by atoms with E-state index < -0.39 is 17.2 Å². The highest BCUT2D eigenvalue weighted by molar-refractivity contribution is 6.11. The Morgan fingerprint density at radius 2 is 1.90 bits per heavy atom. The fourth-order valence-corrected chi connectivity index (χ4v) is 3.33. The Morgan fingerprint density at radius 1 is 1.17 bits per heavy atom. The molecule has 1 aliphatic rings. The Bertz CT molecular complexity index is 1220. The number of hydrogen-bond donors (Lipinski definition) is 1. The first-order chi connectivity index (χ1) is 14.0. The molecule has 0 unspecified atom stereocenters. The molecule has 0 amide bonds. The molecule has 7 nitrogen and oxygen atoms in total. The van der Waals surface area contributed by atoms with Gasteiger partial charge in [-0.15, -0.1) is 0 Å². The summed E-state index contributed by atoms with van der Waals surface area (Å²) in [7, 11) is 0. The first kappa shape index (κ1) is 18.3. The van der Waals surface area contributed by atoms with Crippen LogP contribution in [0.1, 0.15) is 32.6 Å². The van der Waals surface area contributed by atoms with Crippen molar-refractivity contribution in [1.29, 1.82) is 5.26 Å². The zero-order chi connectivity index (χ0) is 20.5. The van der Waals surface area contributed by atoms with Gasteiger partial charge in [0, 0.05) is 5.56 Å². The summed E-state index contributed by atoms with van der Waals surface area (Å²) in [5, 5.41) is 20.3. The number of aromatic nitrogens is 1. The third-order valence-electron chi connectivity index (χ3n) is 4.84. The molecule has 1 aliphatic heterocycles. The number of rotatable bonds is 4. The summed E-state index contributed by atoms with van der Waals surface area (Å²) < 4.78 is 11.6. The third-order valence-corrected chi connectivity index (χ3v) is 4.84. The molecular formula is C22H16N2O5. The molecule has 4 rings (SSSR count). The summed E-state index contributed by atoms with van der Waals surface area (Å²) in [5.74, 6) is 0.185. The van der Waals surface area contributed by atoms with Gasteiger partial charge in [-0.1, -0.05) is 36.4 Å². The van der Waals surface area contributed by atoms with Crippen LogP contribution in [-0.4, -0.2) is 22.2 Å². The lowest BCUT2D eigenvalue weighted by Crippen LogP contribution is -2.27. The smallest absolute Gasteiger partial charge is 0.271 e. The molecule has 0 saturated carbocycles. The number of ketones is 1. The van der Waals surface area contributed by atoms with E-state index in [0.717, 1.165) is 4.57 Å². The van der Waals surface area contributed by atoms with Gasteiger partial charge in [-0.25, -0.2) is 0 Å². The van der Waals surface area contributed by atoms with Gasteiger partial charge in [0.2, 0.25) is 12.7 Å². The van der Waals surface area contributed by atoms with Crippen LogP contribution in [0.2, 0.25) is 0 Å². The number of carbonyl (C=O) groups excluding carboxylic acids is 1. The maximum absolute atomic E-state index is 13.0. The van der Waals surface area contributed by atoms with E-state index in [9.17, 15) is 20.0 Å². The molecule has 1 aromatic heterocycles. The number of fused-ring (bicyclic) bond motifs is 1. The number of pyridine rings is 1. The number of carbonyl (C=O) groups is 1.